The van der Waals surface area contributed by atoms with Crippen molar-refractivity contribution in [1.82, 2.24) is 15.0 Å². The molecule has 0 fully saturated rings. The van der Waals surface area contributed by atoms with Crippen molar-refractivity contribution >= 4 is 11.4 Å². The SMILES string of the molecule is CC(=N)c1cccc(C)n1.CC(C)(CO)CO/N=C1\CCCc2cnc(-c3ccccc3)nc21. The molecule has 0 unspecified atom stereocenters. The number of rotatable bonds is 6. The number of pyridine rings is 1. The summed E-state index contributed by atoms with van der Waals surface area (Å²) in [4.78, 5) is 18.9. The minimum atomic E-state index is -0.303. The van der Waals surface area contributed by atoms with Gasteiger partial charge in [0.05, 0.1) is 23.7 Å². The van der Waals surface area contributed by atoms with Crippen LogP contribution in [0.25, 0.3) is 11.4 Å². The summed E-state index contributed by atoms with van der Waals surface area (Å²) in [5.74, 6) is 0.708. The molecule has 0 saturated carbocycles. The lowest BCUT2D eigenvalue weighted by Gasteiger charge is -2.21. The van der Waals surface area contributed by atoms with Gasteiger partial charge in [-0.1, -0.05) is 55.4 Å². The van der Waals surface area contributed by atoms with Gasteiger partial charge in [0.25, 0.3) is 0 Å². The van der Waals surface area contributed by atoms with Gasteiger partial charge in [-0.25, -0.2) is 9.97 Å². The first-order valence-corrected chi connectivity index (χ1v) is 11.5. The number of aliphatic hydroxyl groups is 1. The van der Waals surface area contributed by atoms with E-state index in [4.69, 9.17) is 15.2 Å². The van der Waals surface area contributed by atoms with Crippen LogP contribution >= 0.6 is 0 Å². The van der Waals surface area contributed by atoms with E-state index in [1.165, 1.54) is 0 Å². The second-order valence-electron chi connectivity index (χ2n) is 9.21. The quantitative estimate of drug-likeness (QED) is 0.399. The molecule has 2 heterocycles. The molecule has 0 amide bonds. The van der Waals surface area contributed by atoms with E-state index in [2.05, 4.69) is 15.1 Å². The van der Waals surface area contributed by atoms with Crippen LogP contribution in [0, 0.1) is 17.7 Å². The van der Waals surface area contributed by atoms with Crippen molar-refractivity contribution in [3.8, 4) is 11.4 Å². The molecule has 0 bridgehead atoms. The maximum Gasteiger partial charge on any atom is 0.159 e. The summed E-state index contributed by atoms with van der Waals surface area (Å²) in [6.45, 7) is 7.98. The van der Waals surface area contributed by atoms with Crippen LogP contribution in [0.5, 0.6) is 0 Å². The van der Waals surface area contributed by atoms with Crippen LogP contribution in [0.1, 0.15) is 56.3 Å². The predicted octanol–water partition coefficient (Wildman–Crippen LogP) is 5.00. The molecule has 1 aliphatic carbocycles. The molecule has 4 rings (SSSR count). The highest BCUT2D eigenvalue weighted by Crippen LogP contribution is 2.23. The Bertz CT molecular complexity index is 1140. The second kappa shape index (κ2) is 11.6. The normalized spacial score (nSPS) is 14.1. The van der Waals surface area contributed by atoms with Gasteiger partial charge in [0.1, 0.15) is 12.3 Å². The zero-order valence-corrected chi connectivity index (χ0v) is 20.4. The van der Waals surface area contributed by atoms with Gasteiger partial charge in [0.2, 0.25) is 0 Å². The molecule has 0 spiro atoms. The maximum absolute atomic E-state index is 9.30. The standard InChI is InChI=1S/C19H23N3O2.C8H10N2/c1-19(2,12-23)13-24-22-16-10-6-9-15-11-20-18(21-17(15)16)14-7-4-3-5-8-14;1-6-4-3-5-8(10-6)7(2)9/h3-5,7-8,11,23H,6,9-10,12-13H2,1-2H3;3-5,9H,1-2H3/b22-16+;. The zero-order chi connectivity index (χ0) is 24.6. The van der Waals surface area contributed by atoms with Crippen molar-refractivity contribution in [2.75, 3.05) is 13.2 Å². The smallest absolute Gasteiger partial charge is 0.159 e. The molecule has 7 heteroatoms. The Labute approximate surface area is 201 Å². The lowest BCUT2D eigenvalue weighted by molar-refractivity contribution is 0.0309. The van der Waals surface area contributed by atoms with Crippen LogP contribution in [0.3, 0.4) is 0 Å². The van der Waals surface area contributed by atoms with E-state index in [-0.39, 0.29) is 12.0 Å². The summed E-state index contributed by atoms with van der Waals surface area (Å²) in [6, 6.07) is 15.6. The molecule has 178 valence electrons. The Morgan fingerprint density at radius 2 is 1.85 bits per heavy atom. The molecule has 0 saturated heterocycles. The molecule has 34 heavy (non-hydrogen) atoms. The van der Waals surface area contributed by atoms with E-state index >= 15 is 0 Å². The van der Waals surface area contributed by atoms with Gasteiger partial charge < -0.3 is 15.4 Å². The number of hydrogen-bond acceptors (Lipinski definition) is 7. The number of hydrogen-bond donors (Lipinski definition) is 2. The van der Waals surface area contributed by atoms with Crippen LogP contribution in [0.15, 0.2) is 59.9 Å². The predicted molar refractivity (Wildman–Crippen MR) is 135 cm³/mol. The van der Waals surface area contributed by atoms with Gasteiger partial charge >= 0.3 is 0 Å². The number of nitrogens with zero attached hydrogens (tertiary/aromatic N) is 4. The number of fused-ring (bicyclic) bond motifs is 1. The number of aryl methyl sites for hydroxylation is 2. The van der Waals surface area contributed by atoms with Crippen LogP contribution in [-0.4, -0.2) is 44.7 Å². The van der Waals surface area contributed by atoms with Crippen LogP contribution < -0.4 is 0 Å². The first kappa shape index (κ1) is 25.2. The fraction of sp³-hybridized carbons (Fsp3) is 0.370. The molecule has 0 radical (unpaired) electrons. The number of oxime groups is 1. The summed E-state index contributed by atoms with van der Waals surface area (Å²) in [5.41, 5.74) is 5.80. The van der Waals surface area contributed by atoms with Gasteiger partial charge in [-0.2, -0.15) is 0 Å². The van der Waals surface area contributed by atoms with Crippen molar-refractivity contribution < 1.29 is 9.94 Å². The van der Waals surface area contributed by atoms with E-state index in [9.17, 15) is 5.11 Å². The minimum absolute atomic E-state index is 0.0643. The average Bonchev–Trinajstić information content (AvgIpc) is 2.85. The number of nitrogens with one attached hydrogen (secondary N) is 1. The number of benzene rings is 1. The van der Waals surface area contributed by atoms with Crippen molar-refractivity contribution in [1.29, 1.82) is 5.41 Å². The summed E-state index contributed by atoms with van der Waals surface area (Å²) in [5, 5.41) is 20.9. The van der Waals surface area contributed by atoms with Crippen LogP contribution in [-0.2, 0) is 11.3 Å². The second-order valence-corrected chi connectivity index (χ2v) is 9.21. The Kier molecular flexibility index (Phi) is 8.60. The largest absolute Gasteiger partial charge is 0.396 e. The van der Waals surface area contributed by atoms with Crippen molar-refractivity contribution in [3.05, 3.63) is 77.4 Å². The third kappa shape index (κ3) is 7.02. The van der Waals surface area contributed by atoms with Crippen LogP contribution in [0.2, 0.25) is 0 Å². The Morgan fingerprint density at radius 1 is 1.09 bits per heavy atom. The fourth-order valence-corrected chi connectivity index (χ4v) is 3.30. The molecule has 0 atom stereocenters. The first-order chi connectivity index (χ1) is 16.3. The molecule has 7 nitrogen and oxygen atoms in total. The van der Waals surface area contributed by atoms with Crippen molar-refractivity contribution in [2.45, 2.75) is 47.0 Å². The molecular weight excluding hydrogens is 426 g/mol. The lowest BCUT2D eigenvalue weighted by atomic mass is 9.95. The van der Waals surface area contributed by atoms with Crippen molar-refractivity contribution in [2.24, 2.45) is 10.6 Å². The molecule has 0 aliphatic heterocycles. The first-order valence-electron chi connectivity index (χ1n) is 11.5. The number of aromatic nitrogens is 3. The molecule has 1 aromatic carbocycles. The monoisotopic (exact) mass is 459 g/mol. The van der Waals surface area contributed by atoms with E-state index < -0.39 is 0 Å². The number of aliphatic hydroxyl groups excluding tert-OH is 1. The van der Waals surface area contributed by atoms with Crippen LogP contribution in [0.4, 0.5) is 0 Å². The van der Waals surface area contributed by atoms with Gasteiger partial charge in [-0.05, 0) is 50.8 Å². The van der Waals surface area contributed by atoms with Gasteiger partial charge in [-0.15, -0.1) is 0 Å². The molecule has 2 N–H and O–H groups in total. The molecule has 2 aromatic heterocycles. The third-order valence-electron chi connectivity index (χ3n) is 5.36. The summed E-state index contributed by atoms with van der Waals surface area (Å²) in [7, 11) is 0. The van der Waals surface area contributed by atoms with Gasteiger partial charge in [-0.3, -0.25) is 4.98 Å². The minimum Gasteiger partial charge on any atom is -0.396 e. The molecule has 3 aromatic rings. The highest BCUT2D eigenvalue weighted by molar-refractivity contribution is 6.00. The summed E-state index contributed by atoms with van der Waals surface area (Å²) < 4.78 is 0. The van der Waals surface area contributed by atoms with E-state index in [1.807, 2.05) is 75.5 Å². The topological polar surface area (TPSA) is 104 Å². The van der Waals surface area contributed by atoms with Gasteiger partial charge in [0, 0.05) is 22.9 Å². The zero-order valence-electron chi connectivity index (χ0n) is 20.4. The van der Waals surface area contributed by atoms with E-state index in [0.29, 0.717) is 18.1 Å². The third-order valence-corrected chi connectivity index (χ3v) is 5.36. The van der Waals surface area contributed by atoms with Gasteiger partial charge in [0.15, 0.2) is 5.82 Å². The maximum atomic E-state index is 9.30. The Morgan fingerprint density at radius 3 is 2.50 bits per heavy atom. The highest BCUT2D eigenvalue weighted by atomic mass is 16.6. The summed E-state index contributed by atoms with van der Waals surface area (Å²) in [6.07, 6.45) is 4.73. The lowest BCUT2D eigenvalue weighted by Crippen LogP contribution is -2.23. The average molecular weight is 460 g/mol. The van der Waals surface area contributed by atoms with E-state index in [1.54, 1.807) is 6.92 Å². The van der Waals surface area contributed by atoms with Crippen molar-refractivity contribution in [3.63, 3.8) is 0 Å². The Balaban J connectivity index is 0.000000271. The molecule has 1 aliphatic rings. The molecular formula is C27H33N5O2. The Hall–Kier alpha value is -3.45. The van der Waals surface area contributed by atoms with E-state index in [0.717, 1.165) is 53.2 Å². The highest BCUT2D eigenvalue weighted by Gasteiger charge is 2.21. The fourth-order valence-electron chi connectivity index (χ4n) is 3.30. The summed E-state index contributed by atoms with van der Waals surface area (Å²) >= 11 is 0.